The van der Waals surface area contributed by atoms with Gasteiger partial charge in [0.05, 0.1) is 6.61 Å². The Morgan fingerprint density at radius 3 is 2.64 bits per heavy atom. The van der Waals surface area contributed by atoms with Crippen LogP contribution in [0.4, 0.5) is 4.39 Å². The molecule has 0 unspecified atom stereocenters. The molecule has 1 aliphatic heterocycles. The van der Waals surface area contributed by atoms with E-state index in [-0.39, 0.29) is 24.1 Å². The fourth-order valence-corrected chi connectivity index (χ4v) is 3.61. The first-order valence-electron chi connectivity index (χ1n) is 9.16. The molecule has 6 heteroatoms. The molecule has 0 bridgehead atoms. The summed E-state index contributed by atoms with van der Waals surface area (Å²) in [6, 6.07) is 4.44. The van der Waals surface area contributed by atoms with Crippen LogP contribution in [0, 0.1) is 11.7 Å². The number of carbonyl (C=O) groups excluding carboxylic acids is 1. The number of rotatable bonds is 5. The minimum absolute atomic E-state index is 0. The maximum atomic E-state index is 14.0. The Labute approximate surface area is 155 Å². The van der Waals surface area contributed by atoms with Crippen molar-refractivity contribution < 1.29 is 13.9 Å². The van der Waals surface area contributed by atoms with Gasteiger partial charge in [0.1, 0.15) is 0 Å². The molecule has 0 aromatic heterocycles. The average Bonchev–Trinajstić information content (AvgIpc) is 2.64. The van der Waals surface area contributed by atoms with Crippen LogP contribution in [0.1, 0.15) is 48.9 Å². The Morgan fingerprint density at radius 2 is 1.92 bits per heavy atom. The van der Waals surface area contributed by atoms with Crippen LogP contribution >= 0.6 is 12.4 Å². The van der Waals surface area contributed by atoms with E-state index in [1.54, 1.807) is 17.0 Å². The standard InChI is InChI=1S/C19H27FN2O2.ClH/c20-17-7-6-16(19(23)22-11-9-21-10-12-22)14-18(17)24-13-8-15-4-2-1-3-5-15;/h6-7,14-15,21H,1-5,8-13H2;1H. The molecule has 4 nitrogen and oxygen atoms in total. The third-order valence-corrected chi connectivity index (χ3v) is 5.09. The largest absolute Gasteiger partial charge is 0.490 e. The van der Waals surface area contributed by atoms with Crippen LogP contribution in [-0.2, 0) is 0 Å². The van der Waals surface area contributed by atoms with Gasteiger partial charge >= 0.3 is 0 Å². The summed E-state index contributed by atoms with van der Waals surface area (Å²) < 4.78 is 19.6. The first kappa shape index (κ1) is 20.0. The second-order valence-corrected chi connectivity index (χ2v) is 6.83. The zero-order valence-corrected chi connectivity index (χ0v) is 15.5. The Bertz CT molecular complexity index is 558. The highest BCUT2D eigenvalue weighted by molar-refractivity contribution is 5.94. The van der Waals surface area contributed by atoms with E-state index < -0.39 is 5.82 Å². The van der Waals surface area contributed by atoms with Crippen molar-refractivity contribution in [3.05, 3.63) is 29.6 Å². The van der Waals surface area contributed by atoms with Crippen LogP contribution in [-0.4, -0.2) is 43.6 Å². The number of ether oxygens (including phenoxy) is 1. The SMILES string of the molecule is Cl.O=C(c1ccc(F)c(OCCC2CCCCC2)c1)N1CCNCC1. The number of piperazine rings is 1. The highest BCUT2D eigenvalue weighted by Gasteiger charge is 2.20. The van der Waals surface area contributed by atoms with Crippen LogP contribution in [0.5, 0.6) is 5.75 Å². The minimum atomic E-state index is -0.393. The van der Waals surface area contributed by atoms with Gasteiger partial charge in [-0.2, -0.15) is 0 Å². The molecule has 0 spiro atoms. The van der Waals surface area contributed by atoms with E-state index in [0.717, 1.165) is 19.5 Å². The Morgan fingerprint density at radius 1 is 1.20 bits per heavy atom. The van der Waals surface area contributed by atoms with E-state index in [1.165, 1.54) is 38.2 Å². The van der Waals surface area contributed by atoms with E-state index in [4.69, 9.17) is 4.74 Å². The van der Waals surface area contributed by atoms with Gasteiger partial charge < -0.3 is 15.0 Å². The first-order valence-corrected chi connectivity index (χ1v) is 9.16. The van der Waals surface area contributed by atoms with Crippen molar-refractivity contribution in [2.45, 2.75) is 38.5 Å². The highest BCUT2D eigenvalue weighted by Crippen LogP contribution is 2.27. The van der Waals surface area contributed by atoms with Crippen molar-refractivity contribution in [2.75, 3.05) is 32.8 Å². The van der Waals surface area contributed by atoms with Crippen molar-refractivity contribution in [3.63, 3.8) is 0 Å². The maximum absolute atomic E-state index is 14.0. The predicted molar refractivity (Wildman–Crippen MR) is 99.1 cm³/mol. The summed E-state index contributed by atoms with van der Waals surface area (Å²) >= 11 is 0. The molecule has 1 N–H and O–H groups in total. The van der Waals surface area contributed by atoms with Crippen LogP contribution in [0.2, 0.25) is 0 Å². The van der Waals surface area contributed by atoms with Crippen LogP contribution < -0.4 is 10.1 Å². The summed E-state index contributed by atoms with van der Waals surface area (Å²) in [4.78, 5) is 14.3. The van der Waals surface area contributed by atoms with Gasteiger partial charge in [-0.05, 0) is 30.5 Å². The Hall–Kier alpha value is -1.33. The number of amides is 1. The van der Waals surface area contributed by atoms with Crippen molar-refractivity contribution >= 4 is 18.3 Å². The normalized spacial score (nSPS) is 18.5. The lowest BCUT2D eigenvalue weighted by Crippen LogP contribution is -2.46. The molecular formula is C19H28ClFN2O2. The molecule has 1 aromatic rings. The average molecular weight is 371 g/mol. The van der Waals surface area contributed by atoms with E-state index in [9.17, 15) is 9.18 Å². The van der Waals surface area contributed by atoms with Gasteiger partial charge in [-0.3, -0.25) is 4.79 Å². The molecule has 1 aliphatic carbocycles. The summed E-state index contributed by atoms with van der Waals surface area (Å²) in [5.41, 5.74) is 0.506. The van der Waals surface area contributed by atoms with Crippen LogP contribution in [0.15, 0.2) is 18.2 Å². The monoisotopic (exact) mass is 370 g/mol. The molecule has 1 aromatic carbocycles. The second-order valence-electron chi connectivity index (χ2n) is 6.83. The molecule has 2 fully saturated rings. The fourth-order valence-electron chi connectivity index (χ4n) is 3.61. The van der Waals surface area contributed by atoms with Crippen molar-refractivity contribution in [1.82, 2.24) is 10.2 Å². The van der Waals surface area contributed by atoms with Gasteiger partial charge in [0, 0.05) is 31.7 Å². The lowest BCUT2D eigenvalue weighted by atomic mass is 9.87. The molecule has 0 radical (unpaired) electrons. The number of hydrogen-bond acceptors (Lipinski definition) is 3. The molecule has 25 heavy (non-hydrogen) atoms. The predicted octanol–water partition coefficient (Wildman–Crippen LogP) is 3.64. The summed E-state index contributed by atoms with van der Waals surface area (Å²) in [6.45, 7) is 3.50. The first-order chi connectivity index (χ1) is 11.7. The highest BCUT2D eigenvalue weighted by atomic mass is 35.5. The summed E-state index contributed by atoms with van der Waals surface area (Å²) in [7, 11) is 0. The molecule has 1 heterocycles. The van der Waals surface area contributed by atoms with Crippen LogP contribution in [0.25, 0.3) is 0 Å². The number of nitrogens with zero attached hydrogens (tertiary/aromatic N) is 1. The van der Waals surface area contributed by atoms with Crippen LogP contribution in [0.3, 0.4) is 0 Å². The minimum Gasteiger partial charge on any atom is -0.490 e. The van der Waals surface area contributed by atoms with Gasteiger partial charge in [0.25, 0.3) is 5.91 Å². The van der Waals surface area contributed by atoms with Crippen molar-refractivity contribution in [3.8, 4) is 5.75 Å². The van der Waals surface area contributed by atoms with E-state index in [2.05, 4.69) is 5.32 Å². The molecule has 3 rings (SSSR count). The van der Waals surface area contributed by atoms with Gasteiger partial charge in [0.2, 0.25) is 0 Å². The Kier molecular flexibility index (Phi) is 7.97. The van der Waals surface area contributed by atoms with E-state index >= 15 is 0 Å². The number of benzene rings is 1. The molecule has 140 valence electrons. The molecule has 1 saturated carbocycles. The zero-order chi connectivity index (χ0) is 16.8. The molecule has 2 aliphatic rings. The van der Waals surface area contributed by atoms with Gasteiger partial charge in [0.15, 0.2) is 11.6 Å². The second kappa shape index (κ2) is 9.97. The summed E-state index contributed by atoms with van der Waals surface area (Å²) in [6.07, 6.45) is 7.42. The number of halogens is 2. The number of hydrogen-bond donors (Lipinski definition) is 1. The lowest BCUT2D eigenvalue weighted by Gasteiger charge is -2.27. The quantitative estimate of drug-likeness (QED) is 0.860. The van der Waals surface area contributed by atoms with Gasteiger partial charge in [-0.1, -0.05) is 32.1 Å². The Balaban J connectivity index is 0.00000225. The number of nitrogens with one attached hydrogen (secondary N) is 1. The van der Waals surface area contributed by atoms with Crippen molar-refractivity contribution in [1.29, 1.82) is 0 Å². The van der Waals surface area contributed by atoms with E-state index in [0.29, 0.717) is 31.2 Å². The molecular weight excluding hydrogens is 343 g/mol. The zero-order valence-electron chi connectivity index (χ0n) is 14.6. The van der Waals surface area contributed by atoms with Gasteiger partial charge in [-0.25, -0.2) is 4.39 Å². The topological polar surface area (TPSA) is 41.6 Å². The number of carbonyl (C=O) groups is 1. The lowest BCUT2D eigenvalue weighted by molar-refractivity contribution is 0.0735. The molecule has 0 atom stereocenters. The smallest absolute Gasteiger partial charge is 0.254 e. The molecule has 1 saturated heterocycles. The third-order valence-electron chi connectivity index (χ3n) is 5.09. The molecule has 1 amide bonds. The fraction of sp³-hybridized carbons (Fsp3) is 0.632. The van der Waals surface area contributed by atoms with Crippen molar-refractivity contribution in [2.24, 2.45) is 5.92 Å². The summed E-state index contributed by atoms with van der Waals surface area (Å²) in [5.74, 6) is 0.461. The van der Waals surface area contributed by atoms with Gasteiger partial charge in [-0.15, -0.1) is 12.4 Å². The third kappa shape index (κ3) is 5.58. The van der Waals surface area contributed by atoms with E-state index in [1.807, 2.05) is 0 Å². The summed E-state index contributed by atoms with van der Waals surface area (Å²) in [5, 5.41) is 3.22. The maximum Gasteiger partial charge on any atom is 0.254 e.